The molecule has 0 saturated carbocycles. The van der Waals surface area contributed by atoms with Crippen LogP contribution in [0.1, 0.15) is 47.0 Å². The van der Waals surface area contributed by atoms with E-state index in [0.717, 1.165) is 19.3 Å². The zero-order chi connectivity index (χ0) is 10.5. The van der Waals surface area contributed by atoms with E-state index < -0.39 is 0 Å². The van der Waals surface area contributed by atoms with Crippen molar-refractivity contribution in [2.45, 2.75) is 47.0 Å². The van der Waals surface area contributed by atoms with Crippen LogP contribution in [0.15, 0.2) is 24.0 Å². The van der Waals surface area contributed by atoms with E-state index in [1.165, 1.54) is 5.57 Å². The zero-order valence-electron chi connectivity index (χ0n) is 9.35. The molecule has 0 aromatic carbocycles. The highest BCUT2D eigenvalue weighted by Gasteiger charge is 2.20. The van der Waals surface area contributed by atoms with Crippen molar-refractivity contribution >= 4 is 0 Å². The van der Waals surface area contributed by atoms with Crippen LogP contribution in [0.2, 0.25) is 0 Å². The fourth-order valence-electron chi connectivity index (χ4n) is 1.10. The molecule has 76 valence electrons. The van der Waals surface area contributed by atoms with Gasteiger partial charge in [0.1, 0.15) is 0 Å². The maximum absolute atomic E-state index is 9.31. The minimum atomic E-state index is -0.150. The minimum Gasteiger partial charge on any atom is -0.512 e. The van der Waals surface area contributed by atoms with Crippen molar-refractivity contribution in [3.8, 4) is 0 Å². The molecule has 0 unspecified atom stereocenters. The summed E-state index contributed by atoms with van der Waals surface area (Å²) < 4.78 is 0. The van der Waals surface area contributed by atoms with Gasteiger partial charge in [0, 0.05) is 5.41 Å². The van der Waals surface area contributed by atoms with Crippen LogP contribution in [0.25, 0.3) is 0 Å². The molecule has 0 aromatic rings. The zero-order valence-corrected chi connectivity index (χ0v) is 9.35. The molecule has 1 nitrogen and oxygen atoms in total. The lowest BCUT2D eigenvalue weighted by Gasteiger charge is -2.23. The number of hydrogen-bond acceptors (Lipinski definition) is 1. The molecule has 13 heavy (non-hydrogen) atoms. The summed E-state index contributed by atoms with van der Waals surface area (Å²) in [6.45, 7) is 11.9. The Morgan fingerprint density at radius 3 is 2.38 bits per heavy atom. The molecule has 0 aliphatic heterocycles. The molecular weight excluding hydrogens is 160 g/mol. The number of allylic oxidation sites excluding steroid dienone is 3. The van der Waals surface area contributed by atoms with Crippen LogP contribution in [-0.4, -0.2) is 5.11 Å². The quantitative estimate of drug-likeness (QED) is 0.498. The highest BCUT2D eigenvalue weighted by Crippen LogP contribution is 2.30. The lowest BCUT2D eigenvalue weighted by Crippen LogP contribution is -2.13. The highest BCUT2D eigenvalue weighted by atomic mass is 16.3. The van der Waals surface area contributed by atoms with Gasteiger partial charge in [-0.1, -0.05) is 39.0 Å². The third-order valence-corrected chi connectivity index (χ3v) is 2.48. The van der Waals surface area contributed by atoms with E-state index in [9.17, 15) is 5.11 Å². The van der Waals surface area contributed by atoms with Gasteiger partial charge in [0.15, 0.2) is 0 Å². The minimum absolute atomic E-state index is 0.150. The van der Waals surface area contributed by atoms with E-state index in [0.29, 0.717) is 0 Å². The predicted octanol–water partition coefficient (Wildman–Crippen LogP) is 4.22. The van der Waals surface area contributed by atoms with E-state index in [4.69, 9.17) is 0 Å². The molecule has 0 aliphatic carbocycles. The van der Waals surface area contributed by atoms with Crippen molar-refractivity contribution in [2.24, 2.45) is 5.41 Å². The van der Waals surface area contributed by atoms with Gasteiger partial charge in [-0.05, 0) is 26.2 Å². The van der Waals surface area contributed by atoms with Crippen molar-refractivity contribution in [1.82, 2.24) is 0 Å². The van der Waals surface area contributed by atoms with Gasteiger partial charge in [-0.3, -0.25) is 0 Å². The van der Waals surface area contributed by atoms with Gasteiger partial charge in [0.25, 0.3) is 0 Å². The third-order valence-electron chi connectivity index (χ3n) is 2.48. The van der Waals surface area contributed by atoms with Crippen LogP contribution in [-0.2, 0) is 0 Å². The molecule has 1 heteroatoms. The number of rotatable bonds is 5. The SMILES string of the molecule is C=C(O)C(C)(C)CC/C(C)=C/CC. The second-order valence-corrected chi connectivity index (χ2v) is 4.29. The molecule has 0 aromatic heterocycles. The number of hydrogen-bond donors (Lipinski definition) is 1. The average Bonchev–Trinajstić information content (AvgIpc) is 2.01. The molecule has 0 atom stereocenters. The van der Waals surface area contributed by atoms with E-state index in [1.807, 2.05) is 13.8 Å². The third kappa shape index (κ3) is 4.76. The maximum atomic E-state index is 9.31. The Hall–Kier alpha value is -0.720. The molecule has 0 amide bonds. The van der Waals surface area contributed by atoms with Crippen LogP contribution in [0.3, 0.4) is 0 Å². The largest absolute Gasteiger partial charge is 0.512 e. The Morgan fingerprint density at radius 2 is 2.00 bits per heavy atom. The molecule has 0 rings (SSSR count). The van der Waals surface area contributed by atoms with E-state index in [1.54, 1.807) is 0 Å². The summed E-state index contributed by atoms with van der Waals surface area (Å²) in [5.74, 6) is 0.289. The Labute approximate surface area is 82.2 Å². The molecule has 0 radical (unpaired) electrons. The average molecular weight is 182 g/mol. The fraction of sp³-hybridized carbons (Fsp3) is 0.667. The summed E-state index contributed by atoms with van der Waals surface area (Å²) in [4.78, 5) is 0. The van der Waals surface area contributed by atoms with Gasteiger partial charge in [0.05, 0.1) is 5.76 Å². The summed E-state index contributed by atoms with van der Waals surface area (Å²) >= 11 is 0. The summed E-state index contributed by atoms with van der Waals surface area (Å²) in [6, 6.07) is 0. The molecule has 0 bridgehead atoms. The van der Waals surface area contributed by atoms with Crippen molar-refractivity contribution in [1.29, 1.82) is 0 Å². The smallest absolute Gasteiger partial charge is 0.0907 e. The van der Waals surface area contributed by atoms with E-state index in [-0.39, 0.29) is 11.2 Å². The number of aliphatic hydroxyl groups excluding tert-OH is 1. The predicted molar refractivity (Wildman–Crippen MR) is 58.8 cm³/mol. The monoisotopic (exact) mass is 182 g/mol. The van der Waals surface area contributed by atoms with E-state index >= 15 is 0 Å². The Kier molecular flexibility index (Phi) is 4.82. The van der Waals surface area contributed by atoms with Crippen molar-refractivity contribution in [2.75, 3.05) is 0 Å². The Balaban J connectivity index is 4.02. The van der Waals surface area contributed by atoms with Crippen LogP contribution < -0.4 is 0 Å². The standard InChI is InChI=1S/C12H22O/c1-6-7-10(2)8-9-12(4,5)11(3)13/h7,13H,3,6,8-9H2,1-2,4-5H3/b10-7+. The molecule has 0 fully saturated rings. The van der Waals surface area contributed by atoms with Crippen LogP contribution >= 0.6 is 0 Å². The van der Waals surface area contributed by atoms with Gasteiger partial charge in [-0.25, -0.2) is 0 Å². The lowest BCUT2D eigenvalue weighted by atomic mass is 9.85. The molecule has 0 aliphatic rings. The first-order valence-corrected chi connectivity index (χ1v) is 4.94. The van der Waals surface area contributed by atoms with Crippen LogP contribution in [0.5, 0.6) is 0 Å². The first kappa shape index (κ1) is 12.3. The first-order chi connectivity index (χ1) is 5.90. The second-order valence-electron chi connectivity index (χ2n) is 4.29. The van der Waals surface area contributed by atoms with Gasteiger partial charge in [-0.2, -0.15) is 0 Å². The molecule has 1 N–H and O–H groups in total. The number of aliphatic hydroxyl groups is 1. The summed E-state index contributed by atoms with van der Waals surface area (Å²) in [6.07, 6.45) is 5.33. The van der Waals surface area contributed by atoms with Gasteiger partial charge >= 0.3 is 0 Å². The topological polar surface area (TPSA) is 20.2 Å². The fourth-order valence-corrected chi connectivity index (χ4v) is 1.10. The Morgan fingerprint density at radius 1 is 1.46 bits per heavy atom. The normalized spacial score (nSPS) is 13.1. The molecule has 0 spiro atoms. The van der Waals surface area contributed by atoms with E-state index in [2.05, 4.69) is 26.5 Å². The molecule has 0 saturated heterocycles. The van der Waals surface area contributed by atoms with Crippen LogP contribution in [0, 0.1) is 5.41 Å². The van der Waals surface area contributed by atoms with Crippen molar-refractivity contribution < 1.29 is 5.11 Å². The Bertz CT molecular complexity index is 199. The van der Waals surface area contributed by atoms with Crippen molar-refractivity contribution in [3.63, 3.8) is 0 Å². The van der Waals surface area contributed by atoms with Gasteiger partial charge in [0.2, 0.25) is 0 Å². The first-order valence-electron chi connectivity index (χ1n) is 4.94. The second kappa shape index (κ2) is 5.11. The lowest BCUT2D eigenvalue weighted by molar-refractivity contribution is 0.246. The summed E-state index contributed by atoms with van der Waals surface area (Å²) in [7, 11) is 0. The van der Waals surface area contributed by atoms with Crippen molar-refractivity contribution in [3.05, 3.63) is 24.0 Å². The van der Waals surface area contributed by atoms with Crippen LogP contribution in [0.4, 0.5) is 0 Å². The highest BCUT2D eigenvalue weighted by molar-refractivity contribution is 5.02. The van der Waals surface area contributed by atoms with Gasteiger partial charge < -0.3 is 5.11 Å². The molecular formula is C12H22O. The summed E-state index contributed by atoms with van der Waals surface area (Å²) in [5.41, 5.74) is 1.25. The molecule has 0 heterocycles. The maximum Gasteiger partial charge on any atom is 0.0907 e. The summed E-state index contributed by atoms with van der Waals surface area (Å²) in [5, 5.41) is 9.31. The van der Waals surface area contributed by atoms with Gasteiger partial charge in [-0.15, -0.1) is 0 Å².